The van der Waals surface area contributed by atoms with E-state index in [1.165, 1.54) is 19.2 Å². The molecule has 1 unspecified atom stereocenters. The van der Waals surface area contributed by atoms with E-state index in [-0.39, 0.29) is 23.0 Å². The van der Waals surface area contributed by atoms with E-state index in [0.29, 0.717) is 43.7 Å². The maximum absolute atomic E-state index is 13.5. The van der Waals surface area contributed by atoms with Crippen LogP contribution in [-0.4, -0.2) is 37.5 Å². The average Bonchev–Trinajstić information content (AvgIpc) is 3.23. The van der Waals surface area contributed by atoms with E-state index < -0.39 is 43.4 Å². The first-order chi connectivity index (χ1) is 20.7. The molecular weight excluding hydrogens is 601 g/mol. The Kier molecular flexibility index (Phi) is 8.63. The highest BCUT2D eigenvalue weighted by Gasteiger charge is 2.56. The molecule has 3 atom stereocenters. The molecule has 7 nitrogen and oxygen atoms in total. The van der Waals surface area contributed by atoms with Gasteiger partial charge in [-0.1, -0.05) is 54.5 Å². The molecule has 2 aliphatic heterocycles. The van der Waals surface area contributed by atoms with Crippen molar-refractivity contribution in [3.63, 3.8) is 0 Å². The van der Waals surface area contributed by atoms with Crippen molar-refractivity contribution in [3.05, 3.63) is 57.7 Å². The van der Waals surface area contributed by atoms with Gasteiger partial charge in [0, 0.05) is 67.0 Å². The summed E-state index contributed by atoms with van der Waals surface area (Å²) in [4.78, 5) is 21.6. The van der Waals surface area contributed by atoms with Crippen LogP contribution in [0, 0.1) is 5.41 Å². The van der Waals surface area contributed by atoms with Crippen LogP contribution in [-0.2, 0) is 35.2 Å². The molecule has 0 aromatic carbocycles. The third kappa shape index (κ3) is 6.10. The molecule has 0 saturated carbocycles. The first kappa shape index (κ1) is 34.0. The maximum Gasteiger partial charge on any atom is 0.433 e. The highest BCUT2D eigenvalue weighted by Crippen LogP contribution is 2.61. The summed E-state index contributed by atoms with van der Waals surface area (Å²) >= 11 is 0. The minimum Gasteiger partial charge on any atom is -0.455 e. The molecule has 2 aromatic rings. The highest BCUT2D eigenvalue weighted by atomic mass is 28.4. The first-order valence-electron chi connectivity index (χ1n) is 15.9. The molecule has 5 rings (SSSR count). The molecule has 4 heterocycles. The van der Waals surface area contributed by atoms with E-state index in [4.69, 9.17) is 23.6 Å². The van der Waals surface area contributed by atoms with Gasteiger partial charge in [-0.05, 0) is 42.1 Å². The molecule has 0 bridgehead atoms. The van der Waals surface area contributed by atoms with Crippen molar-refractivity contribution in [1.82, 2.24) is 9.97 Å². The molecule has 1 spiro atoms. The van der Waals surface area contributed by atoms with Crippen molar-refractivity contribution in [1.29, 1.82) is 0 Å². The zero-order valence-corrected chi connectivity index (χ0v) is 29.1. The van der Waals surface area contributed by atoms with Gasteiger partial charge in [0.1, 0.15) is 17.9 Å². The van der Waals surface area contributed by atoms with Gasteiger partial charge >= 0.3 is 12.1 Å². The molecular formula is C34H47F3N2O5Si. The van der Waals surface area contributed by atoms with Crippen molar-refractivity contribution in [2.75, 3.05) is 13.2 Å². The lowest BCUT2D eigenvalue weighted by molar-refractivity contribution is -0.156. The maximum atomic E-state index is 13.5. The van der Waals surface area contributed by atoms with Crippen LogP contribution in [0.25, 0.3) is 0 Å². The Bertz CT molecular complexity index is 1440. The number of alkyl halides is 3. The minimum atomic E-state index is -4.55. The summed E-state index contributed by atoms with van der Waals surface area (Å²) < 4.78 is 66.6. The van der Waals surface area contributed by atoms with Crippen molar-refractivity contribution < 1.29 is 36.6 Å². The Morgan fingerprint density at radius 2 is 1.73 bits per heavy atom. The third-order valence-electron chi connectivity index (χ3n) is 10.1. The van der Waals surface area contributed by atoms with Crippen molar-refractivity contribution >= 4 is 14.3 Å². The Hall–Kier alpha value is -2.34. The molecule has 248 valence electrons. The van der Waals surface area contributed by atoms with Crippen molar-refractivity contribution in [3.8, 4) is 0 Å². The van der Waals surface area contributed by atoms with E-state index in [1.807, 2.05) is 13.8 Å². The summed E-state index contributed by atoms with van der Waals surface area (Å²) in [5.74, 6) is -0.447. The van der Waals surface area contributed by atoms with Gasteiger partial charge < -0.3 is 18.6 Å². The number of carbonyl (C=O) groups is 1. The fourth-order valence-electron chi connectivity index (χ4n) is 6.82. The lowest BCUT2D eigenvalue weighted by atomic mass is 9.68. The van der Waals surface area contributed by atoms with Gasteiger partial charge in [0.2, 0.25) is 0 Å². The Morgan fingerprint density at radius 1 is 1.09 bits per heavy atom. The zero-order valence-electron chi connectivity index (χ0n) is 28.1. The quantitative estimate of drug-likeness (QED) is 0.237. The van der Waals surface area contributed by atoms with Gasteiger partial charge in [0.15, 0.2) is 8.32 Å². The number of fused-ring (bicyclic) bond motifs is 4. The van der Waals surface area contributed by atoms with Crippen LogP contribution in [0.1, 0.15) is 138 Å². The van der Waals surface area contributed by atoms with E-state index in [0.717, 1.165) is 28.5 Å². The van der Waals surface area contributed by atoms with Gasteiger partial charge in [-0.15, -0.1) is 0 Å². The number of aromatic nitrogens is 2. The summed E-state index contributed by atoms with van der Waals surface area (Å²) in [7, 11) is -2.33. The van der Waals surface area contributed by atoms with Crippen LogP contribution >= 0.6 is 0 Å². The molecule has 1 saturated heterocycles. The second kappa shape index (κ2) is 11.4. The number of ether oxygens (including phenoxy) is 3. The predicted octanol–water partition coefficient (Wildman–Crippen LogP) is 8.84. The Labute approximate surface area is 265 Å². The summed E-state index contributed by atoms with van der Waals surface area (Å²) in [6, 6.07) is 2.47. The number of esters is 1. The standard InChI is InChI=1S/C34H47F3N2O5Si/c1-19(2)27-25-26(33(13-15-41-16-14-33)43-29(25)21-11-12-23(38-18-21)34(35,36)37)24-22(44-45(9,10)31(4,5)6)17-32(7,8)30(28(24)39-27)42-20(3)40/h11-12,18-19,22,29-30H,13-17H2,1-10H3/t22?,29-,30-/m1/s1. The SMILES string of the molecule is CC(=O)O[C@@H]1c2nc(C(C)C)c3c(c2C(O[Si](C)(C)C(C)(C)C)CC1(C)C)C1(CCOCC1)O[C@@H]3c1ccc(C(F)(F)F)nc1. The minimum absolute atomic E-state index is 0.0599. The molecule has 2 aromatic heterocycles. The average molecular weight is 649 g/mol. The highest BCUT2D eigenvalue weighted by molar-refractivity contribution is 6.74. The molecule has 1 aliphatic carbocycles. The number of halogens is 3. The Balaban J connectivity index is 1.83. The largest absolute Gasteiger partial charge is 0.455 e. The van der Waals surface area contributed by atoms with Gasteiger partial charge in [-0.3, -0.25) is 14.8 Å². The number of hydrogen-bond acceptors (Lipinski definition) is 7. The lowest BCUT2D eigenvalue weighted by Gasteiger charge is -2.48. The summed E-state index contributed by atoms with van der Waals surface area (Å²) in [5, 5.41) is -0.0696. The van der Waals surface area contributed by atoms with Gasteiger partial charge in [0.25, 0.3) is 0 Å². The van der Waals surface area contributed by atoms with Crippen LogP contribution < -0.4 is 0 Å². The number of hydrogen-bond donors (Lipinski definition) is 0. The monoisotopic (exact) mass is 648 g/mol. The summed E-state index contributed by atoms with van der Waals surface area (Å²) in [5.41, 5.74) is 2.51. The first-order valence-corrected chi connectivity index (χ1v) is 18.8. The number of rotatable bonds is 5. The molecule has 0 radical (unpaired) electrons. The van der Waals surface area contributed by atoms with Crippen LogP contribution in [0.4, 0.5) is 13.2 Å². The fourth-order valence-corrected chi connectivity index (χ4v) is 8.09. The second-order valence-corrected chi connectivity index (χ2v) is 20.1. The van der Waals surface area contributed by atoms with E-state index in [9.17, 15) is 18.0 Å². The van der Waals surface area contributed by atoms with Crippen LogP contribution in [0.3, 0.4) is 0 Å². The molecule has 0 N–H and O–H groups in total. The second-order valence-electron chi connectivity index (χ2n) is 15.4. The lowest BCUT2D eigenvalue weighted by Crippen LogP contribution is -2.46. The van der Waals surface area contributed by atoms with Gasteiger partial charge in [-0.25, -0.2) is 0 Å². The normalized spacial score (nSPS) is 24.4. The molecule has 11 heteroatoms. The smallest absolute Gasteiger partial charge is 0.433 e. The predicted molar refractivity (Wildman–Crippen MR) is 166 cm³/mol. The number of pyridine rings is 2. The molecule has 0 amide bonds. The van der Waals surface area contributed by atoms with Crippen LogP contribution in [0.2, 0.25) is 18.1 Å². The summed E-state index contributed by atoms with van der Waals surface area (Å²) in [6.45, 7) is 21.7. The van der Waals surface area contributed by atoms with E-state index in [1.54, 1.807) is 0 Å². The van der Waals surface area contributed by atoms with Gasteiger partial charge in [0.05, 0.1) is 17.4 Å². The number of nitrogens with zero attached hydrogens (tertiary/aromatic N) is 2. The summed E-state index contributed by atoms with van der Waals surface area (Å²) in [6.07, 6.45) is -3.20. The van der Waals surface area contributed by atoms with E-state index in [2.05, 4.69) is 52.7 Å². The van der Waals surface area contributed by atoms with Crippen molar-refractivity contribution in [2.45, 2.75) is 129 Å². The van der Waals surface area contributed by atoms with Crippen LogP contribution in [0.5, 0.6) is 0 Å². The topological polar surface area (TPSA) is 79.8 Å². The molecule has 3 aliphatic rings. The van der Waals surface area contributed by atoms with Gasteiger partial charge in [-0.2, -0.15) is 13.2 Å². The van der Waals surface area contributed by atoms with E-state index >= 15 is 0 Å². The zero-order chi connectivity index (χ0) is 33.3. The molecule has 1 fully saturated rings. The van der Waals surface area contributed by atoms with Crippen molar-refractivity contribution in [2.24, 2.45) is 5.41 Å². The molecule has 45 heavy (non-hydrogen) atoms. The third-order valence-corrected chi connectivity index (χ3v) is 14.6. The Morgan fingerprint density at radius 3 is 2.24 bits per heavy atom. The fraction of sp³-hybridized carbons (Fsp3) is 0.676. The number of carbonyl (C=O) groups excluding carboxylic acids is 1. The van der Waals surface area contributed by atoms with Crippen LogP contribution in [0.15, 0.2) is 18.3 Å².